The van der Waals surface area contributed by atoms with Gasteiger partial charge in [0.05, 0.1) is 12.7 Å². The van der Waals surface area contributed by atoms with Crippen molar-refractivity contribution in [3.05, 3.63) is 6.20 Å². The lowest BCUT2D eigenvalue weighted by molar-refractivity contribution is 0.607. The van der Waals surface area contributed by atoms with Gasteiger partial charge in [-0.05, 0) is 0 Å². The second-order valence-electron chi connectivity index (χ2n) is 1.64. The van der Waals surface area contributed by atoms with Crippen molar-refractivity contribution in [2.75, 3.05) is 5.75 Å². The summed E-state index contributed by atoms with van der Waals surface area (Å²) in [5.41, 5.74) is 0. The van der Waals surface area contributed by atoms with Crippen LogP contribution < -0.4 is 0 Å². The molecule has 0 atom stereocenters. The van der Waals surface area contributed by atoms with Crippen molar-refractivity contribution >= 4 is 11.8 Å². The Balaban J connectivity index is 2.54. The van der Waals surface area contributed by atoms with Crippen LogP contribution in [0.2, 0.25) is 0 Å². The Labute approximate surface area is 51.1 Å². The van der Waals surface area contributed by atoms with E-state index < -0.39 is 0 Å². The number of rotatable bonds is 0. The van der Waals surface area contributed by atoms with Crippen molar-refractivity contribution in [1.29, 1.82) is 0 Å². The number of fused-ring (bicyclic) bond motifs is 1. The van der Waals surface area contributed by atoms with Crippen LogP contribution in [-0.2, 0) is 6.54 Å². The lowest BCUT2D eigenvalue weighted by Crippen LogP contribution is -1.95. The second kappa shape index (κ2) is 1.48. The SMILES string of the molecule is c1nnn2c1SCC2. The summed E-state index contributed by atoms with van der Waals surface area (Å²) >= 11 is 1.81. The summed E-state index contributed by atoms with van der Waals surface area (Å²) in [6, 6.07) is 0. The second-order valence-corrected chi connectivity index (χ2v) is 2.76. The van der Waals surface area contributed by atoms with E-state index in [-0.39, 0.29) is 0 Å². The van der Waals surface area contributed by atoms with Gasteiger partial charge < -0.3 is 0 Å². The van der Waals surface area contributed by atoms with E-state index in [1.165, 1.54) is 5.03 Å². The molecular formula is C4H5N3S. The summed E-state index contributed by atoms with van der Waals surface area (Å²) in [6.45, 7) is 1.03. The maximum atomic E-state index is 3.84. The molecule has 1 aromatic rings. The summed E-state index contributed by atoms with van der Waals surface area (Å²) in [7, 11) is 0. The van der Waals surface area contributed by atoms with Crippen LogP contribution in [0.4, 0.5) is 0 Å². The fourth-order valence-corrected chi connectivity index (χ4v) is 1.62. The average Bonchev–Trinajstić information content (AvgIpc) is 2.15. The highest BCUT2D eigenvalue weighted by atomic mass is 32.2. The topological polar surface area (TPSA) is 30.7 Å². The van der Waals surface area contributed by atoms with Crippen LogP contribution in [0.1, 0.15) is 0 Å². The highest BCUT2D eigenvalue weighted by Gasteiger charge is 2.09. The average molecular weight is 127 g/mol. The highest BCUT2D eigenvalue weighted by Crippen LogP contribution is 2.22. The minimum Gasteiger partial charge on any atom is -0.238 e. The van der Waals surface area contributed by atoms with Crippen LogP contribution in [0, 0.1) is 0 Å². The van der Waals surface area contributed by atoms with Gasteiger partial charge in [0, 0.05) is 5.75 Å². The van der Waals surface area contributed by atoms with E-state index in [1.807, 2.05) is 16.4 Å². The third kappa shape index (κ3) is 0.461. The van der Waals surface area contributed by atoms with Crippen LogP contribution in [0.3, 0.4) is 0 Å². The molecule has 0 aliphatic carbocycles. The van der Waals surface area contributed by atoms with E-state index in [0.29, 0.717) is 0 Å². The molecule has 1 aromatic heterocycles. The summed E-state index contributed by atoms with van der Waals surface area (Å²) in [4.78, 5) is 0. The van der Waals surface area contributed by atoms with E-state index in [4.69, 9.17) is 0 Å². The molecule has 3 nitrogen and oxygen atoms in total. The molecule has 2 heterocycles. The van der Waals surface area contributed by atoms with Gasteiger partial charge in [-0.25, -0.2) is 4.68 Å². The standard InChI is InChI=1S/C4H5N3S/c1-2-8-4-3-5-6-7(1)4/h3H,1-2H2. The molecule has 0 amide bonds. The summed E-state index contributed by atoms with van der Waals surface area (Å²) < 4.78 is 1.92. The molecule has 0 fully saturated rings. The third-order valence-electron chi connectivity index (χ3n) is 1.14. The maximum absolute atomic E-state index is 3.84. The number of aromatic nitrogens is 3. The maximum Gasteiger partial charge on any atom is 0.114 e. The highest BCUT2D eigenvalue weighted by molar-refractivity contribution is 7.99. The Hall–Kier alpha value is -0.510. The zero-order valence-corrected chi connectivity index (χ0v) is 5.06. The van der Waals surface area contributed by atoms with Gasteiger partial charge in [0.15, 0.2) is 0 Å². The lowest BCUT2D eigenvalue weighted by atomic mass is 10.7. The number of nitrogens with zero attached hydrogens (tertiary/aromatic N) is 3. The van der Waals surface area contributed by atoms with Gasteiger partial charge in [0.25, 0.3) is 0 Å². The molecule has 0 spiro atoms. The minimum absolute atomic E-state index is 1.03. The summed E-state index contributed by atoms with van der Waals surface area (Å²) in [5.74, 6) is 1.16. The number of hydrogen-bond acceptors (Lipinski definition) is 3. The molecule has 4 heteroatoms. The van der Waals surface area contributed by atoms with Crippen molar-refractivity contribution in [3.63, 3.8) is 0 Å². The van der Waals surface area contributed by atoms with Gasteiger partial charge in [-0.3, -0.25) is 0 Å². The molecule has 0 bridgehead atoms. The molecule has 0 aromatic carbocycles. The first-order chi connectivity index (χ1) is 3.97. The Kier molecular flexibility index (Phi) is 0.811. The first kappa shape index (κ1) is 4.38. The van der Waals surface area contributed by atoms with Gasteiger partial charge in [0.2, 0.25) is 0 Å². The van der Waals surface area contributed by atoms with Crippen molar-refractivity contribution in [1.82, 2.24) is 15.0 Å². The van der Waals surface area contributed by atoms with E-state index in [9.17, 15) is 0 Å². The first-order valence-electron chi connectivity index (χ1n) is 2.48. The van der Waals surface area contributed by atoms with Crippen LogP contribution >= 0.6 is 11.8 Å². The monoisotopic (exact) mass is 127 g/mol. The predicted molar refractivity (Wildman–Crippen MR) is 30.7 cm³/mol. The van der Waals surface area contributed by atoms with E-state index >= 15 is 0 Å². The van der Waals surface area contributed by atoms with Crippen LogP contribution in [0.5, 0.6) is 0 Å². The van der Waals surface area contributed by atoms with E-state index in [0.717, 1.165) is 12.3 Å². The first-order valence-corrected chi connectivity index (χ1v) is 3.47. The van der Waals surface area contributed by atoms with Crippen molar-refractivity contribution in [2.24, 2.45) is 0 Å². The molecule has 0 N–H and O–H groups in total. The summed E-state index contributed by atoms with van der Waals surface area (Å²) in [5, 5.41) is 8.78. The molecule has 0 saturated heterocycles. The molecule has 42 valence electrons. The molecule has 1 aliphatic rings. The molecule has 1 aliphatic heterocycles. The van der Waals surface area contributed by atoms with E-state index in [1.54, 1.807) is 6.20 Å². The fraction of sp³-hybridized carbons (Fsp3) is 0.500. The number of thioether (sulfide) groups is 1. The smallest absolute Gasteiger partial charge is 0.114 e. The fourth-order valence-electron chi connectivity index (χ4n) is 0.752. The van der Waals surface area contributed by atoms with Crippen LogP contribution in [0.25, 0.3) is 0 Å². The Morgan fingerprint density at radius 2 is 2.75 bits per heavy atom. The van der Waals surface area contributed by atoms with Crippen molar-refractivity contribution in [3.8, 4) is 0 Å². The quantitative estimate of drug-likeness (QED) is 0.505. The molecule has 2 rings (SSSR count). The van der Waals surface area contributed by atoms with Gasteiger partial charge in [-0.15, -0.1) is 16.9 Å². The third-order valence-corrected chi connectivity index (χ3v) is 2.13. The van der Waals surface area contributed by atoms with Crippen LogP contribution in [-0.4, -0.2) is 20.7 Å². The Morgan fingerprint density at radius 1 is 1.75 bits per heavy atom. The molecule has 0 unspecified atom stereocenters. The zero-order chi connectivity index (χ0) is 5.40. The number of hydrogen-bond donors (Lipinski definition) is 0. The molecule has 0 radical (unpaired) electrons. The molecular weight excluding hydrogens is 122 g/mol. The zero-order valence-electron chi connectivity index (χ0n) is 4.24. The van der Waals surface area contributed by atoms with Crippen LogP contribution in [0.15, 0.2) is 11.2 Å². The van der Waals surface area contributed by atoms with Gasteiger partial charge in [-0.2, -0.15) is 0 Å². The minimum atomic E-state index is 1.03. The Bertz CT molecular complexity index is 176. The largest absolute Gasteiger partial charge is 0.238 e. The van der Waals surface area contributed by atoms with Gasteiger partial charge in [-0.1, -0.05) is 5.21 Å². The number of aryl methyl sites for hydroxylation is 1. The predicted octanol–water partition coefficient (Wildman–Crippen LogP) is 0.384. The van der Waals surface area contributed by atoms with Gasteiger partial charge >= 0.3 is 0 Å². The van der Waals surface area contributed by atoms with Crippen molar-refractivity contribution < 1.29 is 0 Å². The molecule has 8 heavy (non-hydrogen) atoms. The van der Waals surface area contributed by atoms with Gasteiger partial charge in [0.1, 0.15) is 5.03 Å². The normalized spacial score (nSPS) is 16.5. The lowest BCUT2D eigenvalue weighted by Gasteiger charge is -1.83. The summed E-state index contributed by atoms with van der Waals surface area (Å²) in [6.07, 6.45) is 1.80. The molecule has 0 saturated carbocycles. The Morgan fingerprint density at radius 3 is 3.62 bits per heavy atom. The van der Waals surface area contributed by atoms with E-state index in [2.05, 4.69) is 10.3 Å². The van der Waals surface area contributed by atoms with Crippen molar-refractivity contribution in [2.45, 2.75) is 11.6 Å².